The summed E-state index contributed by atoms with van der Waals surface area (Å²) in [5, 5.41) is 5.92. The predicted molar refractivity (Wildman–Crippen MR) is 73.6 cm³/mol. The van der Waals surface area contributed by atoms with Crippen LogP contribution in [0.4, 0.5) is 5.69 Å². The summed E-state index contributed by atoms with van der Waals surface area (Å²) in [6, 6.07) is 5.87. The van der Waals surface area contributed by atoms with Crippen LogP contribution < -0.4 is 5.32 Å². The lowest BCUT2D eigenvalue weighted by atomic mass is 10.0. The smallest absolute Gasteiger partial charge is 0.173 e. The molecule has 0 bridgehead atoms. The monoisotopic (exact) mass is 270 g/mol. The lowest BCUT2D eigenvalue weighted by Crippen LogP contribution is -2.20. The van der Waals surface area contributed by atoms with E-state index >= 15 is 0 Å². The molecule has 1 aliphatic heterocycles. The van der Waals surface area contributed by atoms with E-state index in [0.29, 0.717) is 0 Å². The zero-order valence-electron chi connectivity index (χ0n) is 8.57. The Morgan fingerprint density at radius 1 is 1.44 bits per heavy atom. The van der Waals surface area contributed by atoms with Gasteiger partial charge in [-0.3, -0.25) is 0 Å². The first-order chi connectivity index (χ1) is 7.81. The number of fused-ring (bicyclic) bond motifs is 1. The maximum absolute atomic E-state index is 5.93. The van der Waals surface area contributed by atoms with Gasteiger partial charge in [0.2, 0.25) is 0 Å². The highest BCUT2D eigenvalue weighted by Crippen LogP contribution is 2.39. The second kappa shape index (κ2) is 4.51. The van der Waals surface area contributed by atoms with E-state index in [1.54, 1.807) is 0 Å². The van der Waals surface area contributed by atoms with E-state index in [1.165, 1.54) is 31.2 Å². The summed E-state index contributed by atoms with van der Waals surface area (Å²) in [4.78, 5) is 1.10. The molecule has 3 rings (SSSR count). The number of hydrogen-bond acceptors (Lipinski definition) is 4. The summed E-state index contributed by atoms with van der Waals surface area (Å²) in [7, 11) is 0. The van der Waals surface area contributed by atoms with Crippen LogP contribution in [0.2, 0.25) is 5.02 Å². The van der Waals surface area contributed by atoms with Crippen molar-refractivity contribution in [1.82, 2.24) is 0 Å². The van der Waals surface area contributed by atoms with Gasteiger partial charge in [0.1, 0.15) is 0 Å². The molecule has 2 aliphatic rings. The Morgan fingerprint density at radius 3 is 3.06 bits per heavy atom. The van der Waals surface area contributed by atoms with Crippen molar-refractivity contribution in [3.63, 3.8) is 0 Å². The normalized spacial score (nSPS) is 19.4. The zero-order valence-corrected chi connectivity index (χ0v) is 11.0. The molecule has 0 radical (unpaired) electrons. The second-order valence-corrected chi connectivity index (χ2v) is 6.45. The number of benzene rings is 1. The van der Waals surface area contributed by atoms with E-state index < -0.39 is 0 Å². The van der Waals surface area contributed by atoms with Gasteiger partial charge in [-0.05, 0) is 31.0 Å². The van der Waals surface area contributed by atoms with Crippen molar-refractivity contribution < 1.29 is 0 Å². The number of rotatable bonds is 1. The average Bonchev–Trinajstić information content (AvgIpc) is 2.23. The first-order valence-corrected chi connectivity index (χ1v) is 7.32. The molecule has 1 fully saturated rings. The lowest BCUT2D eigenvalue weighted by Gasteiger charge is -2.26. The van der Waals surface area contributed by atoms with Crippen LogP contribution in [0.3, 0.4) is 0 Å². The van der Waals surface area contributed by atoms with Crippen molar-refractivity contribution in [2.75, 3.05) is 5.32 Å². The molecular formula is C11H11ClN2S2. The Hall–Kier alpha value is -0.320. The van der Waals surface area contributed by atoms with Crippen molar-refractivity contribution in [3.8, 4) is 0 Å². The largest absolute Gasteiger partial charge is 0.333 e. The number of nitrogens with zero attached hydrogens (tertiary/aromatic N) is 1. The van der Waals surface area contributed by atoms with Crippen molar-refractivity contribution in [3.05, 3.63) is 23.2 Å². The summed E-state index contributed by atoms with van der Waals surface area (Å²) >= 11 is 9.30. The molecule has 0 aromatic heterocycles. The first kappa shape index (κ1) is 10.8. The van der Waals surface area contributed by atoms with Crippen LogP contribution in [-0.4, -0.2) is 10.4 Å². The van der Waals surface area contributed by atoms with Crippen LogP contribution in [0.25, 0.3) is 0 Å². The molecular weight excluding hydrogens is 260 g/mol. The highest BCUT2D eigenvalue weighted by molar-refractivity contribution is 8.15. The van der Waals surface area contributed by atoms with Gasteiger partial charge >= 0.3 is 0 Å². The summed E-state index contributed by atoms with van der Waals surface area (Å²) < 4.78 is 4.46. The SMILES string of the molecule is Clc1ccc2c(c1)SN=C(SC1CCC1)N2. The molecule has 1 saturated carbocycles. The number of hydrogen-bond donors (Lipinski definition) is 1. The van der Waals surface area contributed by atoms with Gasteiger partial charge in [0, 0.05) is 22.2 Å². The standard InChI is InChI=1S/C11H11ClN2S2/c12-7-4-5-9-10(6-7)16-14-11(13-9)15-8-2-1-3-8/h4-6,8H,1-3H2,(H,13,14). The summed E-state index contributed by atoms with van der Waals surface area (Å²) in [6.45, 7) is 0. The molecule has 1 aliphatic carbocycles. The quantitative estimate of drug-likeness (QED) is 0.765. The van der Waals surface area contributed by atoms with Gasteiger partial charge in [-0.1, -0.05) is 29.8 Å². The Bertz CT molecular complexity index is 444. The molecule has 16 heavy (non-hydrogen) atoms. The highest BCUT2D eigenvalue weighted by atomic mass is 35.5. The van der Waals surface area contributed by atoms with Crippen LogP contribution in [0, 0.1) is 0 Å². The molecule has 1 N–H and O–H groups in total. The topological polar surface area (TPSA) is 24.4 Å². The highest BCUT2D eigenvalue weighted by Gasteiger charge is 2.22. The van der Waals surface area contributed by atoms with Crippen molar-refractivity contribution in [2.24, 2.45) is 4.40 Å². The lowest BCUT2D eigenvalue weighted by molar-refractivity contribution is 0.524. The van der Waals surface area contributed by atoms with E-state index in [1.807, 2.05) is 30.0 Å². The first-order valence-electron chi connectivity index (χ1n) is 5.29. The van der Waals surface area contributed by atoms with Gasteiger partial charge < -0.3 is 5.32 Å². The Labute approximate surface area is 108 Å². The molecule has 0 spiro atoms. The van der Waals surface area contributed by atoms with E-state index in [0.717, 1.165) is 26.0 Å². The van der Waals surface area contributed by atoms with Gasteiger partial charge in [-0.15, -0.1) is 0 Å². The molecule has 1 aromatic carbocycles. The maximum atomic E-state index is 5.93. The van der Waals surface area contributed by atoms with Gasteiger partial charge in [0.05, 0.1) is 10.6 Å². The van der Waals surface area contributed by atoms with Crippen LogP contribution >= 0.6 is 35.3 Å². The maximum Gasteiger partial charge on any atom is 0.173 e. The van der Waals surface area contributed by atoms with Crippen molar-refractivity contribution in [1.29, 1.82) is 0 Å². The number of anilines is 1. The van der Waals surface area contributed by atoms with E-state index in [4.69, 9.17) is 11.6 Å². The fourth-order valence-corrected chi connectivity index (χ4v) is 3.80. The fraction of sp³-hybridized carbons (Fsp3) is 0.364. The molecule has 1 heterocycles. The summed E-state index contributed by atoms with van der Waals surface area (Å²) in [5.41, 5.74) is 1.12. The molecule has 84 valence electrons. The molecule has 1 aromatic rings. The molecule has 0 unspecified atom stereocenters. The van der Waals surface area contributed by atoms with Crippen molar-refractivity contribution >= 4 is 46.2 Å². The van der Waals surface area contributed by atoms with Crippen LogP contribution in [-0.2, 0) is 0 Å². The number of thioether (sulfide) groups is 1. The van der Waals surface area contributed by atoms with E-state index in [9.17, 15) is 0 Å². The van der Waals surface area contributed by atoms with Crippen molar-refractivity contribution in [2.45, 2.75) is 29.4 Å². The molecule has 0 saturated heterocycles. The third kappa shape index (κ3) is 2.19. The van der Waals surface area contributed by atoms with E-state index in [2.05, 4.69) is 9.71 Å². The Balaban J connectivity index is 1.73. The molecule has 0 amide bonds. The molecule has 2 nitrogen and oxygen atoms in total. The third-order valence-corrected chi connectivity index (χ3v) is 5.12. The van der Waals surface area contributed by atoms with Gasteiger partial charge in [-0.25, -0.2) is 0 Å². The number of amidine groups is 1. The van der Waals surface area contributed by atoms with Crippen LogP contribution in [0.1, 0.15) is 19.3 Å². The van der Waals surface area contributed by atoms with Gasteiger partial charge in [0.15, 0.2) is 5.17 Å². The van der Waals surface area contributed by atoms with Crippen LogP contribution in [0.15, 0.2) is 27.5 Å². The minimum atomic E-state index is 0.762. The minimum Gasteiger partial charge on any atom is -0.333 e. The predicted octanol–water partition coefficient (Wildman–Crippen LogP) is 4.41. The third-order valence-electron chi connectivity index (χ3n) is 2.74. The Morgan fingerprint density at radius 2 is 2.31 bits per heavy atom. The summed E-state index contributed by atoms with van der Waals surface area (Å²) in [5.74, 6) is 0. The second-order valence-electron chi connectivity index (χ2n) is 3.92. The fourth-order valence-electron chi connectivity index (χ4n) is 1.60. The number of nitrogens with one attached hydrogen (secondary N) is 1. The zero-order chi connectivity index (χ0) is 11.0. The number of halogens is 1. The van der Waals surface area contributed by atoms with E-state index in [-0.39, 0.29) is 0 Å². The Kier molecular flexibility index (Phi) is 3.05. The minimum absolute atomic E-state index is 0.762. The van der Waals surface area contributed by atoms with Crippen LogP contribution in [0.5, 0.6) is 0 Å². The summed E-state index contributed by atoms with van der Waals surface area (Å²) in [6.07, 6.45) is 4.01. The molecule has 0 atom stereocenters. The van der Waals surface area contributed by atoms with Gasteiger partial charge in [0.25, 0.3) is 0 Å². The van der Waals surface area contributed by atoms with Gasteiger partial charge in [-0.2, -0.15) is 4.40 Å². The molecule has 5 heteroatoms. The average molecular weight is 271 g/mol.